The Labute approximate surface area is 104 Å². The Morgan fingerprint density at radius 2 is 1.87 bits per heavy atom. The summed E-state index contributed by atoms with van der Waals surface area (Å²) in [6.45, 7) is 3.76. The number of hydrogen-bond acceptors (Lipinski definition) is 2. The number of carbonyl (C=O) groups is 1. The minimum absolute atomic E-state index is 0.0514. The fourth-order valence-corrected chi connectivity index (χ4v) is 2.91. The van der Waals surface area contributed by atoms with Crippen LogP contribution in [0.25, 0.3) is 0 Å². The molecule has 0 amide bonds. The van der Waals surface area contributed by atoms with Crippen molar-refractivity contribution in [3.8, 4) is 0 Å². The van der Waals surface area contributed by atoms with Gasteiger partial charge >= 0.3 is 0 Å². The van der Waals surface area contributed by atoms with Crippen molar-refractivity contribution in [3.05, 3.63) is 28.2 Å². The first kappa shape index (κ1) is 12.9. The number of hydrogen-bond donors (Lipinski definition) is 0. The number of benzene rings is 1. The third-order valence-corrected chi connectivity index (χ3v) is 3.51. The summed E-state index contributed by atoms with van der Waals surface area (Å²) in [6, 6.07) is 5.31. The van der Waals surface area contributed by atoms with Gasteiger partial charge in [-0.1, -0.05) is 30.1 Å². The first-order valence-corrected chi connectivity index (χ1v) is 6.32. The standard InChI is InChI=1S/C11H12Cl2OS/c1-3-11(14)7(2)15-10-5-8(12)4-9(13)6-10/h4-7H,3H2,1-2H3. The Bertz CT molecular complexity index is 345. The van der Waals surface area contributed by atoms with E-state index in [1.807, 2.05) is 26.0 Å². The molecule has 0 aromatic heterocycles. The van der Waals surface area contributed by atoms with Crippen molar-refractivity contribution < 1.29 is 4.79 Å². The van der Waals surface area contributed by atoms with Crippen LogP contribution in [0.1, 0.15) is 20.3 Å². The van der Waals surface area contributed by atoms with E-state index in [1.165, 1.54) is 11.8 Å². The molecule has 1 unspecified atom stereocenters. The van der Waals surface area contributed by atoms with Crippen molar-refractivity contribution in [1.82, 2.24) is 0 Å². The third kappa shape index (κ3) is 4.06. The van der Waals surface area contributed by atoms with Crippen LogP contribution >= 0.6 is 35.0 Å². The van der Waals surface area contributed by atoms with E-state index >= 15 is 0 Å². The van der Waals surface area contributed by atoms with Crippen LogP contribution in [0, 0.1) is 0 Å². The van der Waals surface area contributed by atoms with E-state index in [0.717, 1.165) is 4.90 Å². The van der Waals surface area contributed by atoms with Crippen molar-refractivity contribution in [2.75, 3.05) is 0 Å². The molecule has 15 heavy (non-hydrogen) atoms. The lowest BCUT2D eigenvalue weighted by atomic mass is 10.2. The summed E-state index contributed by atoms with van der Waals surface area (Å²) in [5.41, 5.74) is 0. The van der Waals surface area contributed by atoms with Gasteiger partial charge in [0.2, 0.25) is 0 Å². The zero-order chi connectivity index (χ0) is 11.4. The van der Waals surface area contributed by atoms with Gasteiger partial charge in [0.05, 0.1) is 5.25 Å². The van der Waals surface area contributed by atoms with Crippen LogP contribution in [0.2, 0.25) is 10.0 Å². The normalized spacial score (nSPS) is 12.5. The summed E-state index contributed by atoms with van der Waals surface area (Å²) >= 11 is 13.2. The first-order valence-electron chi connectivity index (χ1n) is 4.68. The molecule has 0 heterocycles. The number of ketones is 1. The van der Waals surface area contributed by atoms with Gasteiger partial charge < -0.3 is 0 Å². The summed E-state index contributed by atoms with van der Waals surface area (Å²) in [5.74, 6) is 0.232. The van der Waals surface area contributed by atoms with E-state index in [1.54, 1.807) is 6.07 Å². The molecule has 1 rings (SSSR count). The van der Waals surface area contributed by atoms with Gasteiger partial charge in [0.1, 0.15) is 5.78 Å². The molecule has 1 nitrogen and oxygen atoms in total. The minimum Gasteiger partial charge on any atom is -0.298 e. The molecular formula is C11H12Cl2OS. The van der Waals surface area contributed by atoms with Gasteiger partial charge in [-0.25, -0.2) is 0 Å². The summed E-state index contributed by atoms with van der Waals surface area (Å²) < 4.78 is 0. The average Bonchev–Trinajstić information content (AvgIpc) is 2.14. The van der Waals surface area contributed by atoms with E-state index in [4.69, 9.17) is 23.2 Å². The fourth-order valence-electron chi connectivity index (χ4n) is 1.15. The van der Waals surface area contributed by atoms with Gasteiger partial charge in [0.15, 0.2) is 0 Å². The lowest BCUT2D eigenvalue weighted by Gasteiger charge is -2.09. The second-order valence-corrected chi connectivity index (χ2v) is 5.47. The van der Waals surface area contributed by atoms with E-state index < -0.39 is 0 Å². The van der Waals surface area contributed by atoms with Crippen molar-refractivity contribution in [2.45, 2.75) is 30.4 Å². The maximum Gasteiger partial charge on any atom is 0.145 e. The van der Waals surface area contributed by atoms with Crippen LogP contribution in [-0.2, 0) is 4.79 Å². The van der Waals surface area contributed by atoms with E-state index in [9.17, 15) is 4.79 Å². The highest BCUT2D eigenvalue weighted by Crippen LogP contribution is 2.29. The lowest BCUT2D eigenvalue weighted by Crippen LogP contribution is -2.10. The van der Waals surface area contributed by atoms with Crippen LogP contribution in [-0.4, -0.2) is 11.0 Å². The third-order valence-electron chi connectivity index (χ3n) is 1.95. The van der Waals surface area contributed by atoms with Crippen LogP contribution in [0.3, 0.4) is 0 Å². The zero-order valence-corrected chi connectivity index (χ0v) is 10.9. The lowest BCUT2D eigenvalue weighted by molar-refractivity contribution is -0.117. The smallest absolute Gasteiger partial charge is 0.145 e. The molecule has 0 bridgehead atoms. The molecule has 82 valence electrons. The van der Waals surface area contributed by atoms with Crippen LogP contribution in [0.15, 0.2) is 23.1 Å². The number of thioether (sulfide) groups is 1. The molecule has 0 aliphatic rings. The first-order chi connectivity index (χ1) is 7.02. The van der Waals surface area contributed by atoms with Crippen LogP contribution < -0.4 is 0 Å². The monoisotopic (exact) mass is 262 g/mol. The van der Waals surface area contributed by atoms with Gasteiger partial charge in [0.25, 0.3) is 0 Å². The molecule has 0 saturated heterocycles. The SMILES string of the molecule is CCC(=O)C(C)Sc1cc(Cl)cc(Cl)c1. The molecule has 0 saturated carbocycles. The topological polar surface area (TPSA) is 17.1 Å². The number of rotatable bonds is 4. The molecule has 0 aliphatic heterocycles. The summed E-state index contributed by atoms with van der Waals surface area (Å²) in [6.07, 6.45) is 0.558. The van der Waals surface area contributed by atoms with Gasteiger partial charge in [-0.3, -0.25) is 4.79 Å². The quantitative estimate of drug-likeness (QED) is 0.746. The molecule has 1 aromatic carbocycles. The highest BCUT2D eigenvalue weighted by atomic mass is 35.5. The second-order valence-electron chi connectivity index (χ2n) is 3.19. The Morgan fingerprint density at radius 3 is 2.33 bits per heavy atom. The van der Waals surface area contributed by atoms with Crippen LogP contribution in [0.5, 0.6) is 0 Å². The number of halogens is 2. The predicted octanol–water partition coefficient (Wildman–Crippen LogP) is 4.45. The average molecular weight is 263 g/mol. The molecule has 0 aliphatic carbocycles. The van der Waals surface area contributed by atoms with Gasteiger partial charge in [-0.05, 0) is 25.1 Å². The van der Waals surface area contributed by atoms with E-state index in [-0.39, 0.29) is 11.0 Å². The molecule has 0 radical (unpaired) electrons. The Balaban J connectivity index is 2.76. The largest absolute Gasteiger partial charge is 0.298 e. The Hall–Kier alpha value is -0.180. The maximum absolute atomic E-state index is 11.4. The molecule has 0 fully saturated rings. The Morgan fingerprint density at radius 1 is 1.33 bits per heavy atom. The van der Waals surface area contributed by atoms with Crippen molar-refractivity contribution in [2.24, 2.45) is 0 Å². The maximum atomic E-state index is 11.4. The molecule has 0 spiro atoms. The predicted molar refractivity (Wildman–Crippen MR) is 67.1 cm³/mol. The summed E-state index contributed by atoms with van der Waals surface area (Å²) in [5, 5.41) is 1.15. The van der Waals surface area contributed by atoms with Gasteiger partial charge in [-0.2, -0.15) is 0 Å². The van der Waals surface area contributed by atoms with Crippen LogP contribution in [0.4, 0.5) is 0 Å². The molecule has 1 aromatic rings. The molecule has 1 atom stereocenters. The Kier molecular flexibility index (Phi) is 4.97. The molecular weight excluding hydrogens is 251 g/mol. The summed E-state index contributed by atoms with van der Waals surface area (Å²) in [4.78, 5) is 12.3. The van der Waals surface area contributed by atoms with Gasteiger partial charge in [-0.15, -0.1) is 11.8 Å². The van der Waals surface area contributed by atoms with Gasteiger partial charge in [0, 0.05) is 21.4 Å². The van der Waals surface area contributed by atoms with Crippen molar-refractivity contribution >= 4 is 40.7 Å². The fraction of sp³-hybridized carbons (Fsp3) is 0.364. The van der Waals surface area contributed by atoms with Crippen molar-refractivity contribution in [3.63, 3.8) is 0 Å². The van der Waals surface area contributed by atoms with Crippen molar-refractivity contribution in [1.29, 1.82) is 0 Å². The second kappa shape index (κ2) is 5.78. The molecule has 4 heteroatoms. The number of carbonyl (C=O) groups excluding carboxylic acids is 1. The number of Topliss-reactive ketones (excluding diaryl/α,β-unsaturated/α-hetero) is 1. The van der Waals surface area contributed by atoms with E-state index in [2.05, 4.69) is 0 Å². The highest BCUT2D eigenvalue weighted by Gasteiger charge is 2.12. The molecule has 0 N–H and O–H groups in total. The highest BCUT2D eigenvalue weighted by molar-refractivity contribution is 8.00. The minimum atomic E-state index is -0.0514. The summed E-state index contributed by atoms with van der Waals surface area (Å²) in [7, 11) is 0. The van der Waals surface area contributed by atoms with E-state index in [0.29, 0.717) is 16.5 Å². The zero-order valence-electron chi connectivity index (χ0n) is 8.59.